The number of methoxy groups -OCH3 is 4. The SMILES string of the molecule is CO[C@H]1C[C@H](O[C@H]2[C@@H](OC)C[C@H](O[C@H]3[C@H](O)C[C@H](O[C@H]4[C@@H](OC)C[C@H](OO[C@@H]5[C@@H](C)O[C@]6(CO[C@@H]7C[C@H](OC(C)[C@H]8CC[C@H]9[C@@H]%10CC=C%11C[C@@H](O)CC[C@]%11(C)[C@H]%10CC[C@]89C)O[C@H](C)[C@H]7OO6)C[C@H]5OC)O[C@@H]4C)O[C@@H]3C)O[C@@H]2C)O[C@H](C)[C@H]1OC(C)=O. The van der Waals surface area contributed by atoms with Crippen molar-refractivity contribution in [3.05, 3.63) is 11.6 Å². The van der Waals surface area contributed by atoms with Crippen molar-refractivity contribution in [2.45, 2.75) is 318 Å². The lowest BCUT2D eigenvalue weighted by Crippen LogP contribution is -2.58. The zero-order chi connectivity index (χ0) is 61.9. The summed E-state index contributed by atoms with van der Waals surface area (Å²) in [4.78, 5) is 36.4. The van der Waals surface area contributed by atoms with Crippen LogP contribution in [0.5, 0.6) is 0 Å². The molecule has 0 aromatic heterocycles. The number of rotatable bonds is 17. The van der Waals surface area contributed by atoms with Gasteiger partial charge in [0.2, 0.25) is 5.79 Å². The van der Waals surface area contributed by atoms with Crippen molar-refractivity contribution in [2.24, 2.45) is 34.5 Å². The molecule has 0 aromatic rings. The number of carbonyl (C=O) groups is 1. The molecular weight excluding hydrogens is 1140 g/mol. The average Bonchev–Trinajstić information content (AvgIpc) is 2.04. The minimum atomic E-state index is -1.30. The maximum absolute atomic E-state index is 11.7. The summed E-state index contributed by atoms with van der Waals surface area (Å²) in [6.45, 7) is 19.9. The molecule has 0 radical (unpaired) electrons. The van der Waals surface area contributed by atoms with E-state index in [4.69, 9.17) is 95.3 Å². The van der Waals surface area contributed by atoms with Crippen LogP contribution < -0.4 is 0 Å². The van der Waals surface area contributed by atoms with Crippen LogP contribution in [0, 0.1) is 34.5 Å². The van der Waals surface area contributed by atoms with Crippen LogP contribution in [-0.2, 0) is 100 Å². The first kappa shape index (κ1) is 66.8. The van der Waals surface area contributed by atoms with Crippen LogP contribution in [0.25, 0.3) is 0 Å². The monoisotopic (exact) mass is 1240 g/mol. The Morgan fingerprint density at radius 1 is 0.621 bits per heavy atom. The predicted octanol–water partition coefficient (Wildman–Crippen LogP) is 7.05. The normalized spacial score (nSPS) is 51.5. The molecule has 7 saturated heterocycles. The van der Waals surface area contributed by atoms with E-state index in [1.54, 1.807) is 28.4 Å². The molecule has 498 valence electrons. The zero-order valence-corrected chi connectivity index (χ0v) is 53.9. The number of aliphatic hydroxyl groups excluding tert-OH is 2. The van der Waals surface area contributed by atoms with Gasteiger partial charge < -0.3 is 86.0 Å². The molecule has 4 aliphatic carbocycles. The average molecular weight is 1240 g/mol. The molecule has 10 fully saturated rings. The second kappa shape index (κ2) is 27.7. The molecular formula is C64H104O23. The van der Waals surface area contributed by atoms with Crippen LogP contribution in [0.2, 0.25) is 0 Å². The van der Waals surface area contributed by atoms with Gasteiger partial charge in [0.25, 0.3) is 0 Å². The second-order valence-electron chi connectivity index (χ2n) is 27.9. The Hall–Kier alpha value is -1.63. The van der Waals surface area contributed by atoms with Gasteiger partial charge in [-0.3, -0.25) is 4.79 Å². The van der Waals surface area contributed by atoms with Gasteiger partial charge >= 0.3 is 5.97 Å². The molecule has 0 bridgehead atoms. The van der Waals surface area contributed by atoms with E-state index in [1.165, 1.54) is 31.8 Å². The van der Waals surface area contributed by atoms with E-state index in [0.29, 0.717) is 42.9 Å². The van der Waals surface area contributed by atoms with Crippen molar-refractivity contribution in [3.63, 3.8) is 0 Å². The molecule has 23 nitrogen and oxygen atoms in total. The minimum Gasteiger partial charge on any atom is -0.457 e. The third-order valence-electron chi connectivity index (χ3n) is 22.5. The molecule has 7 heterocycles. The Balaban J connectivity index is 0.622. The largest absolute Gasteiger partial charge is 0.457 e. The van der Waals surface area contributed by atoms with Crippen LogP contribution >= 0.6 is 0 Å². The number of esters is 1. The topological polar surface area (TPSA) is 242 Å². The number of fused-ring (bicyclic) bond motifs is 6. The van der Waals surface area contributed by atoms with Crippen molar-refractivity contribution < 1.29 is 110 Å². The van der Waals surface area contributed by atoms with Crippen molar-refractivity contribution in [3.8, 4) is 0 Å². The lowest BCUT2D eigenvalue weighted by molar-refractivity contribution is -0.491. The quantitative estimate of drug-likeness (QED) is 0.0641. The van der Waals surface area contributed by atoms with E-state index in [-0.39, 0.29) is 61.1 Å². The molecule has 3 saturated carbocycles. The highest BCUT2D eigenvalue weighted by molar-refractivity contribution is 5.66. The molecule has 87 heavy (non-hydrogen) atoms. The number of allylic oxidation sites excluding steroid dienone is 1. The summed E-state index contributed by atoms with van der Waals surface area (Å²) < 4.78 is 100. The van der Waals surface area contributed by atoms with E-state index in [0.717, 1.165) is 32.1 Å². The standard InChI is InChI=1S/C64H104O23/c1-31(42-17-18-43-41-16-15-39-23-40(66)19-21-62(39,9)44(41)20-22-63(42,43)10)73-52-28-49-60(36(6)77-52)86-87-64(30-72-49)29-50(71-14)61(37(7)83-64)85-84-55-27-48(70-13)59(35(5)78-55)81-51-24-45(67)56(32(2)74-51)80-53-26-47(69-12)58(34(4)76-53)82-54-25-46(68-11)57(33(3)75-54)79-38(8)65/h15,31-37,40-61,66-67H,16-30H2,1-14H3/t31?,32-,33-,34-,35-,36-,37-,40+,41+,42-,43+,44+,45-,46+,47+,48+,49-,50-,51+,52-,53+,54+,55+,56-,57-,58-,59-,60-,61-,62+,63-,64-/m1/s1. The van der Waals surface area contributed by atoms with Gasteiger partial charge in [0.05, 0.1) is 79.4 Å². The maximum atomic E-state index is 11.7. The number of aliphatic hydroxyl groups is 2. The van der Waals surface area contributed by atoms with Gasteiger partial charge in [0.15, 0.2) is 37.6 Å². The van der Waals surface area contributed by atoms with Gasteiger partial charge in [-0.25, -0.2) is 14.7 Å². The highest BCUT2D eigenvalue weighted by Crippen LogP contribution is 2.67. The van der Waals surface area contributed by atoms with Crippen LogP contribution in [0.4, 0.5) is 0 Å². The molecule has 0 aromatic carbocycles. The summed E-state index contributed by atoms with van der Waals surface area (Å²) in [6, 6.07) is 0. The van der Waals surface area contributed by atoms with Gasteiger partial charge in [-0.15, -0.1) is 0 Å². The Morgan fingerprint density at radius 3 is 1.85 bits per heavy atom. The molecule has 1 unspecified atom stereocenters. The lowest BCUT2D eigenvalue weighted by Gasteiger charge is -2.58. The van der Waals surface area contributed by atoms with E-state index < -0.39 is 141 Å². The summed E-state index contributed by atoms with van der Waals surface area (Å²) in [6.07, 6.45) is -0.534. The summed E-state index contributed by atoms with van der Waals surface area (Å²) >= 11 is 0. The number of ether oxygens (including phenoxy) is 16. The summed E-state index contributed by atoms with van der Waals surface area (Å²) in [5.74, 6) is 0.743. The van der Waals surface area contributed by atoms with Gasteiger partial charge in [-0.2, -0.15) is 4.89 Å². The summed E-state index contributed by atoms with van der Waals surface area (Å²) in [5, 5.41) is 22.1. The number of hydrogen-bond acceptors (Lipinski definition) is 23. The molecule has 32 atom stereocenters. The van der Waals surface area contributed by atoms with Gasteiger partial charge in [0.1, 0.15) is 43.2 Å². The van der Waals surface area contributed by atoms with Crippen molar-refractivity contribution >= 4 is 5.97 Å². The summed E-state index contributed by atoms with van der Waals surface area (Å²) in [7, 11) is 6.38. The van der Waals surface area contributed by atoms with Gasteiger partial charge in [0, 0.05) is 73.9 Å². The van der Waals surface area contributed by atoms with Crippen molar-refractivity contribution in [2.75, 3.05) is 35.0 Å². The third-order valence-corrected chi connectivity index (χ3v) is 22.5. The van der Waals surface area contributed by atoms with Gasteiger partial charge in [-0.05, 0) is 134 Å². The van der Waals surface area contributed by atoms with E-state index in [9.17, 15) is 15.0 Å². The zero-order valence-electron chi connectivity index (χ0n) is 53.9. The number of hydrogen-bond donors (Lipinski definition) is 2. The first-order valence-corrected chi connectivity index (χ1v) is 32.7. The Kier molecular flexibility index (Phi) is 21.3. The van der Waals surface area contributed by atoms with E-state index >= 15 is 0 Å². The fourth-order valence-electron chi connectivity index (χ4n) is 17.9. The first-order chi connectivity index (χ1) is 41.6. The fourth-order valence-corrected chi connectivity index (χ4v) is 17.9. The Morgan fingerprint density at radius 2 is 1.21 bits per heavy atom. The lowest BCUT2D eigenvalue weighted by atomic mass is 9.47. The minimum absolute atomic E-state index is 0.00518. The molecule has 0 amide bonds. The highest BCUT2D eigenvalue weighted by atomic mass is 17.2. The molecule has 1 spiro atoms. The Labute approximate surface area is 514 Å². The van der Waals surface area contributed by atoms with Crippen LogP contribution in [-0.4, -0.2) is 211 Å². The van der Waals surface area contributed by atoms with Crippen molar-refractivity contribution in [1.29, 1.82) is 0 Å². The Bertz CT molecular complexity index is 2290. The smallest absolute Gasteiger partial charge is 0.303 e. The van der Waals surface area contributed by atoms with Gasteiger partial charge in [-0.1, -0.05) is 25.5 Å². The van der Waals surface area contributed by atoms with Crippen LogP contribution in [0.3, 0.4) is 0 Å². The molecule has 11 aliphatic rings. The summed E-state index contributed by atoms with van der Waals surface area (Å²) in [5.41, 5.74) is 1.93. The first-order valence-electron chi connectivity index (χ1n) is 32.7. The number of carbonyl (C=O) groups excluding carboxylic acids is 1. The second-order valence-corrected chi connectivity index (χ2v) is 27.9. The molecule has 7 aliphatic heterocycles. The van der Waals surface area contributed by atoms with E-state index in [2.05, 4.69) is 26.8 Å². The third kappa shape index (κ3) is 13.8. The van der Waals surface area contributed by atoms with Crippen molar-refractivity contribution in [1.82, 2.24) is 0 Å². The molecule has 23 heteroatoms. The molecule has 11 rings (SSSR count). The van der Waals surface area contributed by atoms with Crippen LogP contribution in [0.1, 0.15) is 159 Å². The fraction of sp³-hybridized carbons (Fsp3) is 0.953. The van der Waals surface area contributed by atoms with Crippen LogP contribution in [0.15, 0.2) is 11.6 Å². The highest BCUT2D eigenvalue weighted by Gasteiger charge is 2.61. The molecule has 2 N–H and O–H groups in total. The maximum Gasteiger partial charge on any atom is 0.303 e. The van der Waals surface area contributed by atoms with E-state index in [1.807, 2.05) is 41.5 Å². The predicted molar refractivity (Wildman–Crippen MR) is 305 cm³/mol.